The number of nitrogens with one attached hydrogen (secondary N) is 1. The Hall–Kier alpha value is -0.730. The Morgan fingerprint density at radius 1 is 1.27 bits per heavy atom. The molecule has 0 amide bonds. The molecule has 2 nitrogen and oxygen atoms in total. The van der Waals surface area contributed by atoms with E-state index in [0.29, 0.717) is 0 Å². The molecule has 1 N–H and O–H groups in total. The maximum Gasteiger partial charge on any atom is 0.119 e. The van der Waals surface area contributed by atoms with E-state index in [9.17, 15) is 0 Å². The molecule has 0 radical (unpaired) electrons. The second-order valence-corrected chi connectivity index (χ2v) is 3.73. The van der Waals surface area contributed by atoms with E-state index in [1.165, 1.54) is 18.4 Å². The number of rotatable bonds is 5. The zero-order chi connectivity index (χ0) is 9.80. The highest BCUT2D eigenvalue weighted by Crippen LogP contribution is 2.19. The molecular weight excluding hydrogens is 210 g/mol. The van der Waals surface area contributed by atoms with Crippen molar-refractivity contribution in [2.45, 2.75) is 32.4 Å². The minimum absolute atomic E-state index is 0. The Balaban J connectivity index is 0.00000112. The highest BCUT2D eigenvalue weighted by Gasteiger charge is 2.19. The molecule has 0 heterocycles. The van der Waals surface area contributed by atoms with Gasteiger partial charge in [-0.05, 0) is 37.5 Å². The molecule has 0 unspecified atom stereocenters. The van der Waals surface area contributed by atoms with Crippen molar-refractivity contribution in [3.63, 3.8) is 0 Å². The number of ether oxygens (including phenoxy) is 1. The van der Waals surface area contributed by atoms with Crippen LogP contribution in [0.2, 0.25) is 0 Å². The van der Waals surface area contributed by atoms with Crippen LogP contribution in [-0.4, -0.2) is 12.6 Å². The van der Waals surface area contributed by atoms with Gasteiger partial charge >= 0.3 is 0 Å². The van der Waals surface area contributed by atoms with Gasteiger partial charge in [-0.2, -0.15) is 0 Å². The quantitative estimate of drug-likeness (QED) is 0.835. The van der Waals surface area contributed by atoms with Gasteiger partial charge in [0.1, 0.15) is 5.75 Å². The van der Waals surface area contributed by atoms with Crippen LogP contribution in [0, 0.1) is 0 Å². The Labute approximate surface area is 97.4 Å². The van der Waals surface area contributed by atoms with Crippen LogP contribution < -0.4 is 10.1 Å². The lowest BCUT2D eigenvalue weighted by molar-refractivity contribution is 0.340. The maximum atomic E-state index is 5.38. The highest BCUT2D eigenvalue weighted by atomic mass is 35.5. The zero-order valence-electron chi connectivity index (χ0n) is 9.03. The topological polar surface area (TPSA) is 21.3 Å². The van der Waals surface area contributed by atoms with Crippen molar-refractivity contribution in [3.05, 3.63) is 29.8 Å². The maximum absolute atomic E-state index is 5.38. The van der Waals surface area contributed by atoms with Crippen molar-refractivity contribution < 1.29 is 4.74 Å². The van der Waals surface area contributed by atoms with E-state index in [1.807, 2.05) is 19.1 Å². The summed E-state index contributed by atoms with van der Waals surface area (Å²) in [7, 11) is 0. The van der Waals surface area contributed by atoms with E-state index < -0.39 is 0 Å². The van der Waals surface area contributed by atoms with Crippen LogP contribution in [0.15, 0.2) is 24.3 Å². The predicted molar refractivity (Wildman–Crippen MR) is 64.7 cm³/mol. The Kier molecular flexibility index (Phi) is 4.92. The third kappa shape index (κ3) is 4.10. The minimum atomic E-state index is 0. The van der Waals surface area contributed by atoms with Gasteiger partial charge in [0.05, 0.1) is 6.61 Å². The van der Waals surface area contributed by atoms with Crippen LogP contribution in [0.3, 0.4) is 0 Å². The third-order valence-electron chi connectivity index (χ3n) is 2.41. The summed E-state index contributed by atoms with van der Waals surface area (Å²) in [5.74, 6) is 0.961. The molecule has 2 rings (SSSR count). The smallest absolute Gasteiger partial charge is 0.119 e. The molecule has 3 heteroatoms. The average molecular weight is 228 g/mol. The molecule has 1 aliphatic rings. The van der Waals surface area contributed by atoms with Crippen molar-refractivity contribution in [1.82, 2.24) is 5.32 Å². The fourth-order valence-electron chi connectivity index (χ4n) is 1.42. The SMILES string of the molecule is CCOc1ccc(CNC2CC2)cc1.Cl. The number of hydrogen-bond donors (Lipinski definition) is 1. The molecule has 0 spiro atoms. The first kappa shape index (κ1) is 12.3. The molecule has 84 valence electrons. The summed E-state index contributed by atoms with van der Waals surface area (Å²) in [5, 5.41) is 3.48. The van der Waals surface area contributed by atoms with Gasteiger partial charge in [0.2, 0.25) is 0 Å². The molecule has 1 saturated carbocycles. The van der Waals surface area contributed by atoms with Crippen LogP contribution in [0.5, 0.6) is 5.75 Å². The summed E-state index contributed by atoms with van der Waals surface area (Å²) in [6, 6.07) is 9.10. The summed E-state index contributed by atoms with van der Waals surface area (Å²) in [6.45, 7) is 3.72. The van der Waals surface area contributed by atoms with Gasteiger partial charge in [0.25, 0.3) is 0 Å². The van der Waals surface area contributed by atoms with Crippen molar-refractivity contribution in [1.29, 1.82) is 0 Å². The van der Waals surface area contributed by atoms with E-state index >= 15 is 0 Å². The van der Waals surface area contributed by atoms with Crippen molar-refractivity contribution >= 4 is 12.4 Å². The molecule has 1 aliphatic carbocycles. The molecular formula is C12H18ClNO. The van der Waals surface area contributed by atoms with E-state index in [-0.39, 0.29) is 12.4 Å². The Bertz CT molecular complexity index is 282. The molecule has 0 aliphatic heterocycles. The van der Waals surface area contributed by atoms with E-state index in [1.54, 1.807) is 0 Å². The molecule has 1 aromatic carbocycles. The number of hydrogen-bond acceptors (Lipinski definition) is 2. The first-order chi connectivity index (χ1) is 6.88. The standard InChI is InChI=1S/C12H17NO.ClH/c1-2-14-12-7-3-10(4-8-12)9-13-11-5-6-11;/h3-4,7-8,11,13H,2,5-6,9H2,1H3;1H. The number of halogens is 1. The summed E-state index contributed by atoms with van der Waals surface area (Å²) >= 11 is 0. The average Bonchev–Trinajstić information content (AvgIpc) is 3.01. The minimum Gasteiger partial charge on any atom is -0.494 e. The summed E-state index contributed by atoms with van der Waals surface area (Å²) < 4.78 is 5.38. The van der Waals surface area contributed by atoms with E-state index in [0.717, 1.165) is 24.9 Å². The van der Waals surface area contributed by atoms with Crippen molar-refractivity contribution in [3.8, 4) is 5.75 Å². The first-order valence-corrected chi connectivity index (χ1v) is 5.33. The number of benzene rings is 1. The largest absolute Gasteiger partial charge is 0.494 e. The van der Waals surface area contributed by atoms with Crippen LogP contribution in [0.25, 0.3) is 0 Å². The summed E-state index contributed by atoms with van der Waals surface area (Å²) in [4.78, 5) is 0. The molecule has 0 aromatic heterocycles. The van der Waals surface area contributed by atoms with Crippen molar-refractivity contribution in [2.75, 3.05) is 6.61 Å². The van der Waals surface area contributed by atoms with Gasteiger partial charge < -0.3 is 10.1 Å². The monoisotopic (exact) mass is 227 g/mol. The second-order valence-electron chi connectivity index (χ2n) is 3.73. The third-order valence-corrected chi connectivity index (χ3v) is 2.41. The Morgan fingerprint density at radius 2 is 1.93 bits per heavy atom. The molecule has 1 aromatic rings. The van der Waals surface area contributed by atoms with Gasteiger partial charge in [0.15, 0.2) is 0 Å². The summed E-state index contributed by atoms with van der Waals surface area (Å²) in [5.41, 5.74) is 1.33. The predicted octanol–water partition coefficient (Wildman–Crippen LogP) is 2.76. The molecule has 1 fully saturated rings. The molecule has 15 heavy (non-hydrogen) atoms. The highest BCUT2D eigenvalue weighted by molar-refractivity contribution is 5.85. The van der Waals surface area contributed by atoms with Gasteiger partial charge in [-0.25, -0.2) is 0 Å². The van der Waals surface area contributed by atoms with Crippen LogP contribution in [0.4, 0.5) is 0 Å². The fraction of sp³-hybridized carbons (Fsp3) is 0.500. The van der Waals surface area contributed by atoms with Gasteiger partial charge in [-0.1, -0.05) is 12.1 Å². The lowest BCUT2D eigenvalue weighted by Crippen LogP contribution is -2.15. The first-order valence-electron chi connectivity index (χ1n) is 5.33. The normalized spacial score (nSPS) is 14.5. The van der Waals surface area contributed by atoms with Gasteiger partial charge in [-0.15, -0.1) is 12.4 Å². The lowest BCUT2D eigenvalue weighted by Gasteiger charge is -2.05. The Morgan fingerprint density at radius 3 is 2.47 bits per heavy atom. The second kappa shape index (κ2) is 5.99. The van der Waals surface area contributed by atoms with E-state index in [2.05, 4.69) is 17.4 Å². The lowest BCUT2D eigenvalue weighted by atomic mass is 10.2. The fourth-order valence-corrected chi connectivity index (χ4v) is 1.42. The van der Waals surface area contributed by atoms with Gasteiger partial charge in [-0.3, -0.25) is 0 Å². The molecule has 0 atom stereocenters. The molecule has 0 saturated heterocycles. The molecule has 0 bridgehead atoms. The summed E-state index contributed by atoms with van der Waals surface area (Å²) in [6.07, 6.45) is 2.69. The van der Waals surface area contributed by atoms with E-state index in [4.69, 9.17) is 4.74 Å². The van der Waals surface area contributed by atoms with Crippen LogP contribution in [0.1, 0.15) is 25.3 Å². The zero-order valence-corrected chi connectivity index (χ0v) is 9.85. The van der Waals surface area contributed by atoms with Gasteiger partial charge in [0, 0.05) is 12.6 Å². The van der Waals surface area contributed by atoms with Crippen LogP contribution in [-0.2, 0) is 6.54 Å². The van der Waals surface area contributed by atoms with Crippen molar-refractivity contribution in [2.24, 2.45) is 0 Å². The van der Waals surface area contributed by atoms with Crippen LogP contribution >= 0.6 is 12.4 Å².